The second-order valence-electron chi connectivity index (χ2n) is 25.7. The van der Waals surface area contributed by atoms with Crippen molar-refractivity contribution < 1.29 is 47.9 Å². The van der Waals surface area contributed by atoms with Crippen LogP contribution in [-0.4, -0.2) is 94.8 Å². The molecule has 3 aromatic carbocycles. The summed E-state index contributed by atoms with van der Waals surface area (Å²) in [5, 5.41) is 11.2. The maximum Gasteiger partial charge on any atom is 0.338 e. The van der Waals surface area contributed by atoms with E-state index in [1.54, 1.807) is 0 Å². The Morgan fingerprint density at radius 2 is 1.16 bits per heavy atom. The molecule has 3 aromatic rings. The largest absolute Gasteiger partial charge is 0.462 e. The maximum atomic E-state index is 13.1. The van der Waals surface area contributed by atoms with Gasteiger partial charge in [-0.1, -0.05) is 151 Å². The molecule has 6 atom stereocenters. The molecule has 0 saturated carbocycles. The number of halogens is 2. The van der Waals surface area contributed by atoms with E-state index >= 15 is 0 Å². The molecule has 5 rings (SSSR count). The molecule has 2 fully saturated rings. The average molecular weight is 1260 g/mol. The van der Waals surface area contributed by atoms with Crippen LogP contribution in [0.5, 0.6) is 0 Å². The van der Waals surface area contributed by atoms with Crippen LogP contribution in [-0.2, 0) is 52.5 Å². The van der Waals surface area contributed by atoms with Gasteiger partial charge >= 0.3 is 11.9 Å². The fourth-order valence-electron chi connectivity index (χ4n) is 9.60. The van der Waals surface area contributed by atoms with E-state index in [9.17, 15) is 19.5 Å². The number of rotatable bonds is 23. The molecule has 2 aliphatic rings. The molecule has 0 aliphatic carbocycles. The van der Waals surface area contributed by atoms with Gasteiger partial charge in [-0.3, -0.25) is 0 Å². The summed E-state index contributed by atoms with van der Waals surface area (Å²) >= 11 is 6.56. The van der Waals surface area contributed by atoms with Gasteiger partial charge in [-0.15, -0.1) is 0 Å². The minimum Gasteiger partial charge on any atom is -0.462 e. The molecule has 79 heavy (non-hydrogen) atoms. The number of carbonyl (C=O) groups excluding carboxylic acids is 3. The summed E-state index contributed by atoms with van der Waals surface area (Å²) in [6.07, 6.45) is 6.73. The van der Waals surface area contributed by atoms with Crippen LogP contribution in [0.3, 0.4) is 0 Å². The number of benzene rings is 3. The molecule has 10 nitrogen and oxygen atoms in total. The zero-order valence-electron chi connectivity index (χ0n) is 51.3. The van der Waals surface area contributed by atoms with Crippen LogP contribution in [0.15, 0.2) is 64.1 Å². The molecule has 2 saturated heterocycles. The summed E-state index contributed by atoms with van der Waals surface area (Å²) in [6, 6.07) is 20.5. The van der Waals surface area contributed by atoms with E-state index in [1.807, 2.05) is 78.8 Å². The first-order valence-corrected chi connectivity index (χ1v) is 37.6. The highest BCUT2D eigenvalue weighted by Crippen LogP contribution is 2.34. The normalized spacial score (nSPS) is 19.2. The van der Waals surface area contributed by atoms with Crippen molar-refractivity contribution in [3.05, 3.63) is 114 Å². The first-order chi connectivity index (χ1) is 36.7. The van der Waals surface area contributed by atoms with Gasteiger partial charge < -0.3 is 38.3 Å². The van der Waals surface area contributed by atoms with E-state index in [0.29, 0.717) is 49.5 Å². The van der Waals surface area contributed by atoms with Crippen LogP contribution in [0.2, 0.25) is 51.4 Å². The van der Waals surface area contributed by atoms with Gasteiger partial charge in [0.15, 0.2) is 17.9 Å². The molecule has 0 amide bonds. The Balaban J connectivity index is 0.000000382. The average Bonchev–Trinajstić information content (AvgIpc) is 3.82. The third-order valence-corrected chi connectivity index (χ3v) is 17.8. The SMILES string of the molecule is CC(C)CC=C(Br)Br.Cc1cc(C)c(C(=O)OCC[Si](C)(C)C)c(CCC[C@@H]2OC(C)(C)O[C@@H]2C(O)C#CC(Cc2ccccc2)C(C)C)c1.Cc1cc(C)c(C(=O)OCC[Si](C)(C)C)c(CCC[C@@H]2OC(C)(C)O[C@@H]2C=O)c1. The molecule has 0 aromatic heterocycles. The smallest absolute Gasteiger partial charge is 0.338 e. The molecule has 0 radical (unpaired) electrons. The third-order valence-electron chi connectivity index (χ3n) is 13.7. The van der Waals surface area contributed by atoms with Crippen LogP contribution in [0.1, 0.15) is 147 Å². The zero-order valence-corrected chi connectivity index (χ0v) is 56.5. The van der Waals surface area contributed by atoms with Crippen molar-refractivity contribution in [2.24, 2.45) is 17.8 Å². The number of esters is 2. The zero-order chi connectivity index (χ0) is 59.5. The molecule has 0 spiro atoms. The number of aliphatic hydroxyl groups is 1. The molecule has 2 unspecified atom stereocenters. The van der Waals surface area contributed by atoms with Gasteiger partial charge in [-0.05, 0) is 190 Å². The standard InChI is InChI=1S/C36H52O5Si.C23H36O5Si.C6H10Br2/c1-25(2)29(24-28-14-11-10-12-15-28)18-19-31(37)34-32(40-36(5,6)41-34)17-13-16-30-23-26(3)22-27(4)33(30)35(38)39-20-21-42(7,8)9;1-16-13-17(2)21(22(25)26-11-12-29(5,6)7)18(14-16)9-8-10-19-20(15-24)28-23(3,4)27-19;1-5(2)3-4-6(7)8/h10-12,14-15,22-23,25,29,31-32,34,37H,13,16-17,20-21,24H2,1-9H3;13-15,19-20H,8-12H2,1-7H3;4-5H,3H2,1-2H3/t29?,31?,32-,34+;19-,20+;/m00./s1. The summed E-state index contributed by atoms with van der Waals surface area (Å²) in [5.74, 6) is 5.69. The van der Waals surface area contributed by atoms with Crippen LogP contribution in [0, 0.1) is 57.3 Å². The Hall–Kier alpha value is -3.24. The molecule has 2 heterocycles. The maximum absolute atomic E-state index is 13.1. The predicted octanol–water partition coefficient (Wildman–Crippen LogP) is 16.0. The number of hydrogen-bond donors (Lipinski definition) is 1. The Morgan fingerprint density at radius 3 is 1.59 bits per heavy atom. The van der Waals surface area contributed by atoms with E-state index in [4.69, 9.17) is 28.4 Å². The van der Waals surface area contributed by atoms with Crippen LogP contribution in [0.25, 0.3) is 0 Å². The van der Waals surface area contributed by atoms with Crippen molar-refractivity contribution in [3.63, 3.8) is 0 Å². The number of hydrogen-bond acceptors (Lipinski definition) is 10. The molecular weight excluding hydrogens is 1160 g/mol. The first kappa shape index (κ1) is 70.0. The van der Waals surface area contributed by atoms with Gasteiger partial charge in [0.25, 0.3) is 0 Å². The molecule has 2 aliphatic heterocycles. The van der Waals surface area contributed by atoms with E-state index < -0.39 is 46.0 Å². The van der Waals surface area contributed by atoms with Crippen LogP contribution < -0.4 is 0 Å². The number of ether oxygens (including phenoxy) is 6. The molecule has 1 N–H and O–H groups in total. The van der Waals surface area contributed by atoms with Gasteiger partial charge in [-0.25, -0.2) is 9.59 Å². The Morgan fingerprint density at radius 1 is 0.696 bits per heavy atom. The van der Waals surface area contributed by atoms with Gasteiger partial charge in [0.1, 0.15) is 18.3 Å². The van der Waals surface area contributed by atoms with Gasteiger partial charge in [0, 0.05) is 22.1 Å². The summed E-state index contributed by atoms with van der Waals surface area (Å²) in [7, 11) is -2.55. The van der Waals surface area contributed by atoms with Crippen molar-refractivity contribution >= 4 is 66.2 Å². The van der Waals surface area contributed by atoms with Gasteiger partial charge in [0.05, 0.1) is 39.9 Å². The summed E-state index contributed by atoms with van der Waals surface area (Å²) < 4.78 is 36.3. The Bertz CT molecular complexity index is 2500. The Kier molecular flexibility index (Phi) is 28.9. The van der Waals surface area contributed by atoms with Crippen molar-refractivity contribution in [1.29, 1.82) is 0 Å². The fourth-order valence-corrected chi connectivity index (χ4v) is 11.4. The van der Waals surface area contributed by atoms with Crippen molar-refractivity contribution in [1.82, 2.24) is 0 Å². The van der Waals surface area contributed by atoms with E-state index in [2.05, 4.69) is 148 Å². The van der Waals surface area contributed by atoms with Crippen molar-refractivity contribution in [2.75, 3.05) is 13.2 Å². The Labute approximate surface area is 495 Å². The van der Waals surface area contributed by atoms with Crippen LogP contribution in [0.4, 0.5) is 0 Å². The number of aliphatic hydroxyl groups excluding tert-OH is 1. The summed E-state index contributed by atoms with van der Waals surface area (Å²) in [4.78, 5) is 37.2. The molecular formula is C65H98Br2O10Si2. The third kappa shape index (κ3) is 26.3. The van der Waals surface area contributed by atoms with Gasteiger partial charge in [-0.2, -0.15) is 0 Å². The lowest BCUT2D eigenvalue weighted by atomic mass is 9.89. The quantitative estimate of drug-likeness (QED) is 0.0424. The minimum absolute atomic E-state index is 0.129. The predicted molar refractivity (Wildman–Crippen MR) is 336 cm³/mol. The minimum atomic E-state index is -1.29. The summed E-state index contributed by atoms with van der Waals surface area (Å²) in [6.45, 7) is 38.8. The van der Waals surface area contributed by atoms with E-state index in [0.717, 1.165) is 93.2 Å². The van der Waals surface area contributed by atoms with Crippen molar-refractivity contribution in [2.45, 2.75) is 228 Å². The second-order valence-corrected chi connectivity index (χ2v) is 39.7. The lowest BCUT2D eigenvalue weighted by Gasteiger charge is -2.20. The lowest BCUT2D eigenvalue weighted by molar-refractivity contribution is -0.152. The first-order valence-electron chi connectivity index (χ1n) is 28.6. The molecule has 440 valence electrons. The van der Waals surface area contributed by atoms with Crippen LogP contribution >= 0.6 is 31.9 Å². The highest BCUT2D eigenvalue weighted by Gasteiger charge is 2.44. The highest BCUT2D eigenvalue weighted by atomic mass is 79.9. The van der Waals surface area contributed by atoms with E-state index in [1.165, 1.54) is 5.56 Å². The fraction of sp³-hybridized carbons (Fsp3) is 0.615. The number of carbonyl (C=O) groups is 3. The second kappa shape index (κ2) is 32.6. The van der Waals surface area contributed by atoms with Gasteiger partial charge in [0.2, 0.25) is 0 Å². The lowest BCUT2D eigenvalue weighted by Crippen LogP contribution is -2.34. The highest BCUT2D eigenvalue weighted by molar-refractivity contribution is 9.28. The topological polar surface area (TPSA) is 127 Å². The number of aryl methyl sites for hydroxylation is 6. The molecule has 14 heteroatoms. The monoisotopic (exact) mass is 1250 g/mol. The summed E-state index contributed by atoms with van der Waals surface area (Å²) in [5.41, 5.74) is 8.76. The number of allylic oxidation sites excluding steroid dienone is 1. The van der Waals surface area contributed by atoms with Crippen molar-refractivity contribution in [3.8, 4) is 11.8 Å². The van der Waals surface area contributed by atoms with E-state index in [-0.39, 0.29) is 30.1 Å². The molecule has 0 bridgehead atoms. The number of aldehydes is 1.